The fraction of sp³-hybridized carbons (Fsp3) is 0.409. The minimum absolute atomic E-state index is 0.205. The Hall–Kier alpha value is -3.09. The average Bonchev–Trinajstić information content (AvgIpc) is 3.34. The molecule has 0 aliphatic carbocycles. The van der Waals surface area contributed by atoms with Gasteiger partial charge in [0.1, 0.15) is 11.8 Å². The smallest absolute Gasteiger partial charge is 0.321 e. The van der Waals surface area contributed by atoms with E-state index in [1.807, 2.05) is 28.8 Å². The van der Waals surface area contributed by atoms with E-state index in [-0.39, 0.29) is 12.5 Å². The summed E-state index contributed by atoms with van der Waals surface area (Å²) >= 11 is 0. The number of fused-ring (bicyclic) bond motifs is 3. The van der Waals surface area contributed by atoms with Crippen molar-refractivity contribution in [1.29, 1.82) is 0 Å². The van der Waals surface area contributed by atoms with Crippen molar-refractivity contribution in [1.82, 2.24) is 9.55 Å². The molecule has 0 fully saturated rings. The SMILES string of the molecule is CCOC(=O)[C@H]1C(=O)N(CCC(C)C)c2nc3ccccc3n2[C@@H]1c1ccco1. The van der Waals surface area contributed by atoms with Gasteiger partial charge in [0.15, 0.2) is 5.92 Å². The Balaban J connectivity index is 1.93. The number of hydrogen-bond acceptors (Lipinski definition) is 5. The van der Waals surface area contributed by atoms with E-state index in [1.165, 1.54) is 0 Å². The van der Waals surface area contributed by atoms with Crippen LogP contribution in [0.4, 0.5) is 5.95 Å². The Morgan fingerprint density at radius 3 is 2.72 bits per heavy atom. The molecule has 1 amide bonds. The number of nitrogens with zero attached hydrogens (tertiary/aromatic N) is 3. The zero-order valence-corrected chi connectivity index (χ0v) is 16.9. The Morgan fingerprint density at radius 2 is 2.03 bits per heavy atom. The summed E-state index contributed by atoms with van der Waals surface area (Å²) in [6.45, 7) is 6.64. The van der Waals surface area contributed by atoms with E-state index in [4.69, 9.17) is 14.1 Å². The molecule has 2 atom stereocenters. The average molecular weight is 395 g/mol. The Labute approximate surface area is 169 Å². The van der Waals surface area contributed by atoms with Crippen LogP contribution in [-0.4, -0.2) is 34.6 Å². The predicted octanol–water partition coefficient (Wildman–Crippen LogP) is 3.79. The van der Waals surface area contributed by atoms with E-state index in [0.29, 0.717) is 24.2 Å². The molecule has 2 aromatic heterocycles. The number of amides is 1. The lowest BCUT2D eigenvalue weighted by Gasteiger charge is -2.37. The number of anilines is 1. The topological polar surface area (TPSA) is 77.6 Å². The van der Waals surface area contributed by atoms with Crippen molar-refractivity contribution in [2.45, 2.75) is 33.2 Å². The Kier molecular flexibility index (Phi) is 5.13. The van der Waals surface area contributed by atoms with Gasteiger partial charge in [0.05, 0.1) is 23.9 Å². The molecule has 0 unspecified atom stereocenters. The number of furan rings is 1. The second kappa shape index (κ2) is 7.73. The van der Waals surface area contributed by atoms with E-state index in [2.05, 4.69) is 13.8 Å². The summed E-state index contributed by atoms with van der Waals surface area (Å²) < 4.78 is 12.9. The van der Waals surface area contributed by atoms with Gasteiger partial charge in [0.25, 0.3) is 0 Å². The molecular formula is C22H25N3O4. The van der Waals surface area contributed by atoms with Gasteiger partial charge in [-0.2, -0.15) is 0 Å². The summed E-state index contributed by atoms with van der Waals surface area (Å²) in [5, 5.41) is 0. The molecule has 152 valence electrons. The van der Waals surface area contributed by atoms with Gasteiger partial charge >= 0.3 is 5.97 Å². The van der Waals surface area contributed by atoms with Gasteiger partial charge in [0, 0.05) is 6.54 Å². The molecule has 1 aromatic carbocycles. The van der Waals surface area contributed by atoms with Crippen molar-refractivity contribution in [3.05, 3.63) is 48.4 Å². The molecule has 0 radical (unpaired) electrons. The van der Waals surface area contributed by atoms with Crippen LogP contribution in [0.15, 0.2) is 47.1 Å². The molecule has 7 nitrogen and oxygen atoms in total. The highest BCUT2D eigenvalue weighted by Crippen LogP contribution is 2.41. The zero-order chi connectivity index (χ0) is 20.5. The zero-order valence-electron chi connectivity index (χ0n) is 16.9. The summed E-state index contributed by atoms with van der Waals surface area (Å²) in [6, 6.07) is 10.6. The minimum Gasteiger partial charge on any atom is -0.467 e. The summed E-state index contributed by atoms with van der Waals surface area (Å²) in [6.07, 6.45) is 2.35. The highest BCUT2D eigenvalue weighted by molar-refractivity contribution is 6.08. The predicted molar refractivity (Wildman–Crippen MR) is 109 cm³/mol. The largest absolute Gasteiger partial charge is 0.467 e. The van der Waals surface area contributed by atoms with Crippen LogP contribution in [0.5, 0.6) is 0 Å². The first-order valence-electron chi connectivity index (χ1n) is 10.0. The van der Waals surface area contributed by atoms with E-state index < -0.39 is 17.9 Å². The molecule has 4 rings (SSSR count). The van der Waals surface area contributed by atoms with E-state index >= 15 is 0 Å². The van der Waals surface area contributed by atoms with Crippen molar-refractivity contribution in [3.8, 4) is 0 Å². The monoisotopic (exact) mass is 395 g/mol. The van der Waals surface area contributed by atoms with Crippen molar-refractivity contribution in [2.24, 2.45) is 11.8 Å². The molecule has 3 aromatic rings. The molecule has 0 bridgehead atoms. The number of hydrogen-bond donors (Lipinski definition) is 0. The van der Waals surface area contributed by atoms with E-state index in [1.54, 1.807) is 30.2 Å². The quantitative estimate of drug-likeness (QED) is 0.469. The number of aromatic nitrogens is 2. The van der Waals surface area contributed by atoms with Crippen molar-refractivity contribution < 1.29 is 18.7 Å². The summed E-state index contributed by atoms with van der Waals surface area (Å²) in [5.74, 6) is -0.392. The van der Waals surface area contributed by atoms with Crippen LogP contribution >= 0.6 is 0 Å². The Morgan fingerprint density at radius 1 is 1.24 bits per heavy atom. The molecule has 0 saturated heterocycles. The fourth-order valence-electron chi connectivity index (χ4n) is 3.86. The lowest BCUT2D eigenvalue weighted by atomic mass is 9.93. The summed E-state index contributed by atoms with van der Waals surface area (Å²) in [4.78, 5) is 32.8. The third-order valence-corrected chi connectivity index (χ3v) is 5.25. The molecule has 0 N–H and O–H groups in total. The number of para-hydroxylation sites is 2. The molecule has 29 heavy (non-hydrogen) atoms. The molecule has 7 heteroatoms. The number of esters is 1. The van der Waals surface area contributed by atoms with Crippen LogP contribution in [0.1, 0.15) is 39.0 Å². The summed E-state index contributed by atoms with van der Waals surface area (Å²) in [5.41, 5.74) is 1.62. The van der Waals surface area contributed by atoms with Crippen LogP contribution in [0.25, 0.3) is 11.0 Å². The van der Waals surface area contributed by atoms with Crippen molar-refractivity contribution >= 4 is 28.9 Å². The second-order valence-corrected chi connectivity index (χ2v) is 7.63. The fourth-order valence-corrected chi connectivity index (χ4v) is 3.86. The Bertz CT molecular complexity index is 1020. The number of carbonyl (C=O) groups excluding carboxylic acids is 2. The standard InChI is InChI=1S/C22H25N3O4/c1-4-28-21(27)18-19(17-10-7-13-29-17)25-16-9-6-5-8-15(16)23-22(25)24(20(18)26)12-11-14(2)3/h5-10,13-14,18-19H,4,11-12H2,1-3H3/t18-,19-/m1/s1. The number of benzene rings is 1. The lowest BCUT2D eigenvalue weighted by Crippen LogP contribution is -2.50. The minimum atomic E-state index is -1.03. The van der Waals surface area contributed by atoms with Crippen molar-refractivity contribution in [2.75, 3.05) is 18.1 Å². The molecule has 0 saturated carbocycles. The number of imidazole rings is 1. The highest BCUT2D eigenvalue weighted by atomic mass is 16.5. The van der Waals surface area contributed by atoms with E-state index in [9.17, 15) is 9.59 Å². The number of carbonyl (C=O) groups is 2. The molecular weight excluding hydrogens is 370 g/mol. The summed E-state index contributed by atoms with van der Waals surface area (Å²) in [7, 11) is 0. The van der Waals surface area contributed by atoms with Crippen LogP contribution < -0.4 is 4.90 Å². The lowest BCUT2D eigenvalue weighted by molar-refractivity contribution is -0.153. The third kappa shape index (κ3) is 3.30. The number of ether oxygens (including phenoxy) is 1. The van der Waals surface area contributed by atoms with Gasteiger partial charge < -0.3 is 9.15 Å². The van der Waals surface area contributed by atoms with Crippen LogP contribution in [0.3, 0.4) is 0 Å². The number of rotatable bonds is 6. The normalized spacial score (nSPS) is 19.0. The van der Waals surface area contributed by atoms with Gasteiger partial charge in [-0.25, -0.2) is 4.98 Å². The van der Waals surface area contributed by atoms with Crippen LogP contribution in [0, 0.1) is 11.8 Å². The second-order valence-electron chi connectivity index (χ2n) is 7.63. The van der Waals surface area contributed by atoms with Crippen LogP contribution in [-0.2, 0) is 14.3 Å². The van der Waals surface area contributed by atoms with E-state index in [0.717, 1.165) is 17.5 Å². The maximum atomic E-state index is 13.5. The first kappa shape index (κ1) is 19.2. The van der Waals surface area contributed by atoms with Crippen molar-refractivity contribution in [3.63, 3.8) is 0 Å². The first-order valence-corrected chi connectivity index (χ1v) is 10.0. The van der Waals surface area contributed by atoms with Gasteiger partial charge in [-0.15, -0.1) is 0 Å². The van der Waals surface area contributed by atoms with Gasteiger partial charge in [-0.1, -0.05) is 26.0 Å². The molecule has 0 spiro atoms. The molecule has 1 aliphatic heterocycles. The van der Waals surface area contributed by atoms with Crippen LogP contribution in [0.2, 0.25) is 0 Å². The maximum absolute atomic E-state index is 13.5. The third-order valence-electron chi connectivity index (χ3n) is 5.25. The molecule has 1 aliphatic rings. The maximum Gasteiger partial charge on any atom is 0.321 e. The first-order chi connectivity index (χ1) is 14.0. The van der Waals surface area contributed by atoms with Gasteiger partial charge in [-0.05, 0) is 43.5 Å². The van der Waals surface area contributed by atoms with Gasteiger partial charge in [-0.3, -0.25) is 19.1 Å². The highest BCUT2D eigenvalue weighted by Gasteiger charge is 2.48. The van der Waals surface area contributed by atoms with Gasteiger partial charge in [0.2, 0.25) is 11.9 Å². The molecule has 3 heterocycles.